The molecule has 0 unspecified atom stereocenters. The number of nitrogens with two attached hydrogens (primary N) is 1. The average molecular weight is 259 g/mol. The second kappa shape index (κ2) is 3.87. The molecule has 0 aliphatic heterocycles. The third-order valence-electron chi connectivity index (χ3n) is 3.93. The molecule has 4 aromatic rings. The molecule has 0 heterocycles. The Kier molecular flexibility index (Phi) is 2.15. The van der Waals surface area contributed by atoms with Gasteiger partial charge in [0.15, 0.2) is 0 Å². The molecular formula is C18H13NO. The lowest BCUT2D eigenvalue weighted by molar-refractivity contribution is 0.484. The van der Waals surface area contributed by atoms with Gasteiger partial charge in [0.05, 0.1) is 5.69 Å². The molecule has 0 amide bonds. The second-order valence-electron chi connectivity index (χ2n) is 5.05. The normalized spacial score (nSPS) is 11.4. The number of hydrogen-bond acceptors (Lipinski definition) is 2. The van der Waals surface area contributed by atoms with Gasteiger partial charge in [0, 0.05) is 5.39 Å². The third-order valence-corrected chi connectivity index (χ3v) is 3.93. The van der Waals surface area contributed by atoms with Gasteiger partial charge in [-0.1, -0.05) is 48.5 Å². The van der Waals surface area contributed by atoms with Gasteiger partial charge >= 0.3 is 0 Å². The van der Waals surface area contributed by atoms with E-state index >= 15 is 0 Å². The molecule has 0 aliphatic carbocycles. The number of benzene rings is 4. The molecule has 2 nitrogen and oxygen atoms in total. The zero-order valence-electron chi connectivity index (χ0n) is 10.8. The second-order valence-corrected chi connectivity index (χ2v) is 5.05. The lowest BCUT2D eigenvalue weighted by Crippen LogP contribution is -1.87. The Morgan fingerprint density at radius 3 is 2.10 bits per heavy atom. The van der Waals surface area contributed by atoms with Gasteiger partial charge < -0.3 is 10.8 Å². The smallest absolute Gasteiger partial charge is 0.146 e. The standard InChI is InChI=1S/C18H13NO/c19-17-10-9-15-14-6-5-11-3-1-2-4-12(11)13(14)7-8-16(15)18(17)20/h1-10,20H,19H2. The first-order chi connectivity index (χ1) is 9.75. The quantitative estimate of drug-likeness (QED) is 0.279. The van der Waals surface area contributed by atoms with Crippen molar-refractivity contribution in [1.29, 1.82) is 0 Å². The van der Waals surface area contributed by atoms with Crippen LogP contribution in [0.2, 0.25) is 0 Å². The molecule has 0 fully saturated rings. The first kappa shape index (κ1) is 11.1. The summed E-state index contributed by atoms with van der Waals surface area (Å²) in [6, 6.07) is 20.3. The van der Waals surface area contributed by atoms with Crippen LogP contribution < -0.4 is 5.73 Å². The van der Waals surface area contributed by atoms with Crippen molar-refractivity contribution in [2.75, 3.05) is 5.73 Å². The van der Waals surface area contributed by atoms with Gasteiger partial charge in [0.25, 0.3) is 0 Å². The molecule has 4 aromatic carbocycles. The number of nitrogen functional groups attached to an aromatic ring is 1. The van der Waals surface area contributed by atoms with E-state index in [1.165, 1.54) is 16.2 Å². The molecule has 0 aliphatic rings. The number of anilines is 1. The molecule has 0 spiro atoms. The van der Waals surface area contributed by atoms with Gasteiger partial charge in [-0.3, -0.25) is 0 Å². The Morgan fingerprint density at radius 1 is 0.600 bits per heavy atom. The van der Waals surface area contributed by atoms with Gasteiger partial charge in [-0.15, -0.1) is 0 Å². The van der Waals surface area contributed by atoms with E-state index in [1.807, 2.05) is 24.3 Å². The van der Waals surface area contributed by atoms with Gasteiger partial charge in [0.2, 0.25) is 0 Å². The zero-order chi connectivity index (χ0) is 13.7. The highest BCUT2D eigenvalue weighted by Crippen LogP contribution is 2.37. The van der Waals surface area contributed by atoms with Gasteiger partial charge in [-0.2, -0.15) is 0 Å². The van der Waals surface area contributed by atoms with E-state index in [0.29, 0.717) is 5.69 Å². The SMILES string of the molecule is Nc1ccc2c(ccc3c4ccccc4ccc23)c1O. The number of rotatable bonds is 0. The summed E-state index contributed by atoms with van der Waals surface area (Å²) in [5, 5.41) is 16.7. The van der Waals surface area contributed by atoms with E-state index in [9.17, 15) is 5.11 Å². The van der Waals surface area contributed by atoms with Crippen LogP contribution in [0.15, 0.2) is 60.7 Å². The van der Waals surface area contributed by atoms with Crippen LogP contribution in [0.1, 0.15) is 0 Å². The van der Waals surface area contributed by atoms with Crippen molar-refractivity contribution in [1.82, 2.24) is 0 Å². The summed E-state index contributed by atoms with van der Waals surface area (Å²) in [4.78, 5) is 0. The van der Waals surface area contributed by atoms with E-state index in [1.54, 1.807) is 6.07 Å². The number of phenolic OH excluding ortho intramolecular Hbond substituents is 1. The number of hydrogen-bond donors (Lipinski definition) is 2. The minimum absolute atomic E-state index is 0.164. The molecule has 0 bridgehead atoms. The number of aromatic hydroxyl groups is 1. The number of phenols is 1. The monoisotopic (exact) mass is 259 g/mol. The maximum absolute atomic E-state index is 10.1. The Balaban J connectivity index is 2.26. The molecule has 0 saturated heterocycles. The summed E-state index contributed by atoms with van der Waals surface area (Å²) < 4.78 is 0. The van der Waals surface area contributed by atoms with E-state index in [-0.39, 0.29) is 5.75 Å². The highest BCUT2D eigenvalue weighted by atomic mass is 16.3. The minimum atomic E-state index is 0.164. The van der Waals surface area contributed by atoms with Crippen molar-refractivity contribution in [3.63, 3.8) is 0 Å². The Labute approximate surface area is 116 Å². The molecular weight excluding hydrogens is 246 g/mol. The lowest BCUT2D eigenvalue weighted by Gasteiger charge is -2.09. The van der Waals surface area contributed by atoms with Crippen LogP contribution in [-0.4, -0.2) is 5.11 Å². The molecule has 0 radical (unpaired) electrons. The van der Waals surface area contributed by atoms with Gasteiger partial charge in [0.1, 0.15) is 5.75 Å². The average Bonchev–Trinajstić information content (AvgIpc) is 2.50. The maximum atomic E-state index is 10.1. The molecule has 2 heteroatoms. The minimum Gasteiger partial charge on any atom is -0.505 e. The van der Waals surface area contributed by atoms with Crippen molar-refractivity contribution < 1.29 is 5.11 Å². The van der Waals surface area contributed by atoms with Crippen LogP contribution >= 0.6 is 0 Å². The summed E-state index contributed by atoms with van der Waals surface area (Å²) in [6.45, 7) is 0. The Bertz CT molecular complexity index is 973. The van der Waals surface area contributed by atoms with Gasteiger partial charge in [-0.05, 0) is 39.1 Å². The van der Waals surface area contributed by atoms with Crippen LogP contribution in [0.25, 0.3) is 32.3 Å². The fourth-order valence-corrected chi connectivity index (χ4v) is 2.91. The van der Waals surface area contributed by atoms with Crippen molar-refractivity contribution >= 4 is 38.0 Å². The van der Waals surface area contributed by atoms with Crippen LogP contribution in [0, 0.1) is 0 Å². The lowest BCUT2D eigenvalue weighted by atomic mass is 9.96. The predicted molar refractivity (Wildman–Crippen MR) is 85.0 cm³/mol. The third kappa shape index (κ3) is 1.39. The molecule has 3 N–H and O–H groups in total. The highest BCUT2D eigenvalue weighted by Gasteiger charge is 2.08. The first-order valence-corrected chi connectivity index (χ1v) is 6.57. The van der Waals surface area contributed by atoms with E-state index in [2.05, 4.69) is 30.3 Å². The number of fused-ring (bicyclic) bond motifs is 5. The molecule has 96 valence electrons. The van der Waals surface area contributed by atoms with Crippen LogP contribution in [-0.2, 0) is 0 Å². The highest BCUT2D eigenvalue weighted by molar-refractivity contribution is 6.18. The summed E-state index contributed by atoms with van der Waals surface area (Å²) in [7, 11) is 0. The fourth-order valence-electron chi connectivity index (χ4n) is 2.91. The van der Waals surface area contributed by atoms with Crippen LogP contribution in [0.5, 0.6) is 5.75 Å². The van der Waals surface area contributed by atoms with E-state index in [4.69, 9.17) is 5.73 Å². The molecule has 20 heavy (non-hydrogen) atoms. The fraction of sp³-hybridized carbons (Fsp3) is 0. The molecule has 0 saturated carbocycles. The van der Waals surface area contributed by atoms with Crippen LogP contribution in [0.3, 0.4) is 0 Å². The van der Waals surface area contributed by atoms with Crippen molar-refractivity contribution in [2.45, 2.75) is 0 Å². The Morgan fingerprint density at radius 2 is 1.20 bits per heavy atom. The molecule has 0 atom stereocenters. The topological polar surface area (TPSA) is 46.2 Å². The predicted octanol–water partition coefficient (Wildman–Crippen LogP) is 4.43. The summed E-state index contributed by atoms with van der Waals surface area (Å²) in [5.41, 5.74) is 6.19. The van der Waals surface area contributed by atoms with E-state index in [0.717, 1.165) is 16.2 Å². The van der Waals surface area contributed by atoms with Gasteiger partial charge in [-0.25, -0.2) is 0 Å². The Hall–Kier alpha value is -2.74. The van der Waals surface area contributed by atoms with Crippen molar-refractivity contribution in [3.8, 4) is 5.75 Å². The molecule has 4 rings (SSSR count). The molecule has 0 aromatic heterocycles. The zero-order valence-corrected chi connectivity index (χ0v) is 10.8. The summed E-state index contributed by atoms with van der Waals surface area (Å²) in [5.74, 6) is 0.164. The van der Waals surface area contributed by atoms with Crippen LogP contribution in [0.4, 0.5) is 5.69 Å². The van der Waals surface area contributed by atoms with Crippen molar-refractivity contribution in [2.24, 2.45) is 0 Å². The van der Waals surface area contributed by atoms with E-state index < -0.39 is 0 Å². The maximum Gasteiger partial charge on any atom is 0.146 e. The summed E-state index contributed by atoms with van der Waals surface area (Å²) in [6.07, 6.45) is 0. The van der Waals surface area contributed by atoms with Crippen molar-refractivity contribution in [3.05, 3.63) is 60.7 Å². The first-order valence-electron chi connectivity index (χ1n) is 6.57. The summed E-state index contributed by atoms with van der Waals surface area (Å²) >= 11 is 0. The largest absolute Gasteiger partial charge is 0.505 e.